The third kappa shape index (κ3) is 2.64. The van der Waals surface area contributed by atoms with Crippen molar-refractivity contribution in [3.8, 4) is 5.75 Å². The van der Waals surface area contributed by atoms with Gasteiger partial charge in [0.25, 0.3) is 0 Å². The zero-order valence-corrected chi connectivity index (χ0v) is 16.7. The maximum Gasteiger partial charge on any atom is 0.511 e. The van der Waals surface area contributed by atoms with Crippen LogP contribution in [0.15, 0.2) is 17.1 Å². The molecule has 3 fully saturated rings. The van der Waals surface area contributed by atoms with Crippen molar-refractivity contribution in [1.29, 1.82) is 0 Å². The number of halogens is 2. The first-order chi connectivity index (χ1) is 14.0. The van der Waals surface area contributed by atoms with Crippen LogP contribution < -0.4 is 20.8 Å². The van der Waals surface area contributed by atoms with Gasteiger partial charge in [0.2, 0.25) is 5.43 Å². The number of aromatic nitrogens is 1. The van der Waals surface area contributed by atoms with Gasteiger partial charge in [-0.2, -0.15) is 0 Å². The standard InChI is InChI=1S/C21H23F2N3O4/c1-10-16-11(18(27)15(30-19(28)29)7-26(16)14-6-12(14)22)5-13(23)17(10)25-8-20(2,24)21(9-25)3-4-21/h5,7,12,14H,3-4,6,8-9,24H2,1-2H3,(H,28,29)/t12-,14+,20?/m0/s1. The van der Waals surface area contributed by atoms with E-state index in [1.165, 1.54) is 10.8 Å². The number of nitrogens with two attached hydrogens (primary N) is 1. The number of pyridine rings is 1. The first kappa shape index (κ1) is 19.3. The molecular formula is C21H23F2N3O4. The number of hydrogen-bond acceptors (Lipinski definition) is 5. The fourth-order valence-electron chi connectivity index (χ4n) is 5.11. The van der Waals surface area contributed by atoms with Gasteiger partial charge in [-0.25, -0.2) is 13.6 Å². The Morgan fingerprint density at radius 2 is 2.03 bits per heavy atom. The molecule has 1 spiro atoms. The molecule has 3 aliphatic rings. The summed E-state index contributed by atoms with van der Waals surface area (Å²) in [7, 11) is 0. The van der Waals surface area contributed by atoms with Crippen molar-refractivity contribution in [3.05, 3.63) is 33.9 Å². The van der Waals surface area contributed by atoms with Gasteiger partial charge < -0.3 is 25.0 Å². The SMILES string of the molecule is Cc1c(N2CC(C)(N)C3(CC3)C2)c(F)cc2c(=O)c(OC(=O)O)cn([C@@H]3C[C@@H]3F)c12. The lowest BCUT2D eigenvalue weighted by molar-refractivity contribution is 0.143. The molecule has 5 rings (SSSR count). The number of carboxylic acid groups (broad SMARTS) is 1. The molecule has 1 aromatic heterocycles. The molecule has 1 aromatic carbocycles. The molecule has 0 amide bonds. The fraction of sp³-hybridized carbons (Fsp3) is 0.524. The molecule has 2 aliphatic carbocycles. The minimum absolute atomic E-state index is 0.0255. The molecular weight excluding hydrogens is 396 g/mol. The molecule has 0 bridgehead atoms. The minimum atomic E-state index is -1.66. The molecule has 2 saturated carbocycles. The fourth-order valence-corrected chi connectivity index (χ4v) is 5.11. The van der Waals surface area contributed by atoms with Crippen molar-refractivity contribution in [3.63, 3.8) is 0 Å². The second kappa shape index (κ2) is 5.94. The molecule has 9 heteroatoms. The predicted molar refractivity (Wildman–Crippen MR) is 107 cm³/mol. The molecule has 160 valence electrons. The maximum atomic E-state index is 15.3. The summed E-state index contributed by atoms with van der Waals surface area (Å²) in [4.78, 5) is 25.7. The summed E-state index contributed by atoms with van der Waals surface area (Å²) in [6.07, 6.45) is 0.679. The highest BCUT2D eigenvalue weighted by atomic mass is 19.1. The molecule has 1 saturated heterocycles. The molecule has 30 heavy (non-hydrogen) atoms. The molecule has 2 aromatic rings. The molecule has 1 unspecified atom stereocenters. The van der Waals surface area contributed by atoms with Gasteiger partial charge in [0.1, 0.15) is 12.0 Å². The summed E-state index contributed by atoms with van der Waals surface area (Å²) in [6, 6.07) is 0.557. The number of carbonyl (C=O) groups is 1. The third-order valence-electron chi connectivity index (χ3n) is 7.08. The van der Waals surface area contributed by atoms with Crippen molar-refractivity contribution >= 4 is 22.7 Å². The minimum Gasteiger partial charge on any atom is -0.449 e. The first-order valence-electron chi connectivity index (χ1n) is 10.0. The van der Waals surface area contributed by atoms with Crippen LogP contribution in [0.3, 0.4) is 0 Å². The van der Waals surface area contributed by atoms with E-state index in [1.807, 2.05) is 11.8 Å². The summed E-state index contributed by atoms with van der Waals surface area (Å²) in [6.45, 7) is 4.80. The average Bonchev–Trinajstić information content (AvgIpc) is 3.53. The zero-order chi connectivity index (χ0) is 21.6. The molecule has 3 atom stereocenters. The van der Waals surface area contributed by atoms with Crippen molar-refractivity contribution in [2.45, 2.75) is 50.9 Å². The van der Waals surface area contributed by atoms with Crippen LogP contribution in [-0.2, 0) is 0 Å². The van der Waals surface area contributed by atoms with Gasteiger partial charge in [0.05, 0.1) is 28.8 Å². The van der Waals surface area contributed by atoms with Crippen LogP contribution in [0.25, 0.3) is 10.9 Å². The second-order valence-electron chi connectivity index (χ2n) is 9.20. The number of nitrogens with zero attached hydrogens (tertiary/aromatic N) is 2. The Bertz CT molecular complexity index is 1150. The molecule has 2 heterocycles. The van der Waals surface area contributed by atoms with E-state index < -0.39 is 40.9 Å². The highest BCUT2D eigenvalue weighted by Gasteiger charge is 2.60. The lowest BCUT2D eigenvalue weighted by Gasteiger charge is -2.26. The number of benzene rings is 1. The van der Waals surface area contributed by atoms with Gasteiger partial charge >= 0.3 is 6.16 Å². The van der Waals surface area contributed by atoms with Crippen molar-refractivity contribution in [2.75, 3.05) is 18.0 Å². The number of fused-ring (bicyclic) bond motifs is 1. The average molecular weight is 419 g/mol. The van der Waals surface area contributed by atoms with Crippen molar-refractivity contribution < 1.29 is 23.4 Å². The van der Waals surface area contributed by atoms with E-state index in [4.69, 9.17) is 10.8 Å². The van der Waals surface area contributed by atoms with Crippen LogP contribution in [-0.4, -0.2) is 40.6 Å². The first-order valence-corrected chi connectivity index (χ1v) is 10.0. The number of hydrogen-bond donors (Lipinski definition) is 2. The van der Waals surface area contributed by atoms with Gasteiger partial charge in [-0.3, -0.25) is 4.79 Å². The Morgan fingerprint density at radius 1 is 1.37 bits per heavy atom. The van der Waals surface area contributed by atoms with Crippen LogP contribution in [0.1, 0.15) is 37.8 Å². The second-order valence-corrected chi connectivity index (χ2v) is 9.20. The Hall–Kier alpha value is -2.68. The topological polar surface area (TPSA) is 97.8 Å². The number of alkyl halides is 1. The number of anilines is 1. The van der Waals surface area contributed by atoms with Gasteiger partial charge in [0.15, 0.2) is 5.75 Å². The smallest absolute Gasteiger partial charge is 0.449 e. The maximum absolute atomic E-state index is 15.3. The van der Waals surface area contributed by atoms with E-state index in [0.717, 1.165) is 18.9 Å². The lowest BCUT2D eigenvalue weighted by atomic mass is 9.87. The number of aryl methyl sites for hydroxylation is 1. The third-order valence-corrected chi connectivity index (χ3v) is 7.08. The highest BCUT2D eigenvalue weighted by molar-refractivity contribution is 5.89. The van der Waals surface area contributed by atoms with Gasteiger partial charge in [0, 0.05) is 30.5 Å². The van der Waals surface area contributed by atoms with Gasteiger partial charge in [-0.05, 0) is 38.3 Å². The summed E-state index contributed by atoms with van der Waals surface area (Å²) in [5.41, 5.74) is 6.57. The van der Waals surface area contributed by atoms with E-state index in [9.17, 15) is 14.0 Å². The molecule has 3 N–H and O–H groups in total. The van der Waals surface area contributed by atoms with Crippen molar-refractivity contribution in [1.82, 2.24) is 4.57 Å². The van der Waals surface area contributed by atoms with Crippen LogP contribution in [0.4, 0.5) is 19.3 Å². The quantitative estimate of drug-likeness (QED) is 0.742. The van der Waals surface area contributed by atoms with E-state index in [0.29, 0.717) is 29.9 Å². The largest absolute Gasteiger partial charge is 0.511 e. The normalized spacial score (nSPS) is 28.9. The molecule has 0 radical (unpaired) electrons. The number of rotatable bonds is 3. The summed E-state index contributed by atoms with van der Waals surface area (Å²) in [5.74, 6) is -1.05. The monoisotopic (exact) mass is 419 g/mol. The van der Waals surface area contributed by atoms with E-state index >= 15 is 4.39 Å². The molecule has 7 nitrogen and oxygen atoms in total. The zero-order valence-electron chi connectivity index (χ0n) is 16.7. The lowest BCUT2D eigenvalue weighted by Crippen LogP contribution is -2.45. The highest BCUT2D eigenvalue weighted by Crippen LogP contribution is 2.58. The Morgan fingerprint density at radius 3 is 2.57 bits per heavy atom. The predicted octanol–water partition coefficient (Wildman–Crippen LogP) is 3.11. The van der Waals surface area contributed by atoms with Crippen LogP contribution >= 0.6 is 0 Å². The van der Waals surface area contributed by atoms with E-state index in [2.05, 4.69) is 4.74 Å². The number of ether oxygens (including phenoxy) is 1. The van der Waals surface area contributed by atoms with Crippen LogP contribution in [0, 0.1) is 18.2 Å². The summed E-state index contributed by atoms with van der Waals surface area (Å²) in [5, 5.41) is 8.90. The Kier molecular flexibility index (Phi) is 3.82. The summed E-state index contributed by atoms with van der Waals surface area (Å²) >= 11 is 0. The van der Waals surface area contributed by atoms with Gasteiger partial charge in [-0.15, -0.1) is 0 Å². The van der Waals surface area contributed by atoms with Crippen molar-refractivity contribution in [2.24, 2.45) is 11.1 Å². The molecule has 1 aliphatic heterocycles. The van der Waals surface area contributed by atoms with Gasteiger partial charge in [-0.1, -0.05) is 0 Å². The summed E-state index contributed by atoms with van der Waals surface area (Å²) < 4.78 is 35.4. The van der Waals surface area contributed by atoms with Crippen LogP contribution in [0.5, 0.6) is 5.75 Å². The Labute approximate surface area is 171 Å². The Balaban J connectivity index is 1.72. The van der Waals surface area contributed by atoms with E-state index in [1.54, 1.807) is 6.92 Å². The van der Waals surface area contributed by atoms with Crippen LogP contribution in [0.2, 0.25) is 0 Å². The van der Waals surface area contributed by atoms with E-state index in [-0.39, 0.29) is 17.2 Å².